The fourth-order valence-electron chi connectivity index (χ4n) is 2.27. The van der Waals surface area contributed by atoms with Crippen molar-refractivity contribution in [1.29, 1.82) is 0 Å². The maximum absolute atomic E-state index is 13.1. The summed E-state index contributed by atoms with van der Waals surface area (Å²) in [6.45, 7) is 2.68. The van der Waals surface area contributed by atoms with Crippen LogP contribution in [0.25, 0.3) is 0 Å². The molecule has 4 heteroatoms. The molecule has 1 aliphatic heterocycles. The Hall–Kier alpha value is -1.55. The zero-order valence-electron chi connectivity index (χ0n) is 10.4. The Kier molecular flexibility index (Phi) is 3.19. The number of para-hydroxylation sites is 1. The normalized spacial score (nSPS) is 17.3. The standard InChI is InChI=1S/C15H13BrFNO/c1-9-3-2-4-13-15(9)19-14(8-18-13)11-6-5-10(17)7-12(11)16/h2-7,14,18H,8H2,1H3. The number of nitrogens with one attached hydrogen (secondary N) is 1. The molecule has 0 saturated heterocycles. The summed E-state index contributed by atoms with van der Waals surface area (Å²) in [5, 5.41) is 3.35. The largest absolute Gasteiger partial charge is 0.481 e. The zero-order valence-corrected chi connectivity index (χ0v) is 12.0. The van der Waals surface area contributed by atoms with Crippen LogP contribution in [-0.2, 0) is 0 Å². The number of benzene rings is 2. The third kappa shape index (κ3) is 2.32. The summed E-state index contributed by atoms with van der Waals surface area (Å²) in [5.41, 5.74) is 3.05. The van der Waals surface area contributed by atoms with E-state index in [0.29, 0.717) is 6.54 Å². The number of ether oxygens (including phenoxy) is 1. The van der Waals surface area contributed by atoms with Gasteiger partial charge in [0, 0.05) is 10.0 Å². The molecule has 0 saturated carbocycles. The predicted molar refractivity (Wildman–Crippen MR) is 77.1 cm³/mol. The van der Waals surface area contributed by atoms with Gasteiger partial charge < -0.3 is 10.1 Å². The summed E-state index contributed by atoms with van der Waals surface area (Å²) in [6, 6.07) is 10.7. The molecule has 19 heavy (non-hydrogen) atoms. The summed E-state index contributed by atoms with van der Waals surface area (Å²) in [7, 11) is 0. The summed E-state index contributed by atoms with van der Waals surface area (Å²) in [6.07, 6.45) is -0.122. The van der Waals surface area contributed by atoms with Crippen molar-refractivity contribution in [2.75, 3.05) is 11.9 Å². The van der Waals surface area contributed by atoms with Crippen molar-refractivity contribution in [3.8, 4) is 5.75 Å². The van der Waals surface area contributed by atoms with Crippen LogP contribution in [0.3, 0.4) is 0 Å². The number of halogens is 2. The van der Waals surface area contributed by atoms with E-state index >= 15 is 0 Å². The van der Waals surface area contributed by atoms with E-state index in [4.69, 9.17) is 4.74 Å². The number of hydrogen-bond donors (Lipinski definition) is 1. The molecular weight excluding hydrogens is 309 g/mol. The number of fused-ring (bicyclic) bond motifs is 1. The average molecular weight is 322 g/mol. The van der Waals surface area contributed by atoms with Gasteiger partial charge in [-0.3, -0.25) is 0 Å². The van der Waals surface area contributed by atoms with Crippen molar-refractivity contribution in [3.05, 3.63) is 57.8 Å². The molecule has 0 bridgehead atoms. The molecule has 1 heterocycles. The van der Waals surface area contributed by atoms with Crippen LogP contribution >= 0.6 is 15.9 Å². The van der Waals surface area contributed by atoms with Crippen molar-refractivity contribution >= 4 is 21.6 Å². The van der Waals surface area contributed by atoms with E-state index < -0.39 is 0 Å². The number of anilines is 1. The molecule has 0 aromatic heterocycles. The molecule has 1 N–H and O–H groups in total. The first-order chi connectivity index (χ1) is 9.15. The van der Waals surface area contributed by atoms with Gasteiger partial charge in [0.2, 0.25) is 0 Å². The van der Waals surface area contributed by atoms with Crippen LogP contribution in [0, 0.1) is 12.7 Å². The van der Waals surface area contributed by atoms with E-state index in [-0.39, 0.29) is 11.9 Å². The molecule has 0 amide bonds. The summed E-state index contributed by atoms with van der Waals surface area (Å²) < 4.78 is 19.9. The Morgan fingerprint density at radius 2 is 2.16 bits per heavy atom. The van der Waals surface area contributed by atoms with Crippen LogP contribution in [0.15, 0.2) is 40.9 Å². The highest BCUT2D eigenvalue weighted by atomic mass is 79.9. The fourth-order valence-corrected chi connectivity index (χ4v) is 2.88. The van der Waals surface area contributed by atoms with E-state index in [1.807, 2.05) is 25.1 Å². The molecule has 3 rings (SSSR count). The molecule has 1 atom stereocenters. The topological polar surface area (TPSA) is 21.3 Å². The molecule has 1 aliphatic rings. The lowest BCUT2D eigenvalue weighted by molar-refractivity contribution is 0.208. The minimum Gasteiger partial charge on any atom is -0.481 e. The van der Waals surface area contributed by atoms with Crippen LogP contribution in [0.5, 0.6) is 5.75 Å². The molecular formula is C15H13BrFNO. The predicted octanol–water partition coefficient (Wildman–Crippen LogP) is 4.44. The van der Waals surface area contributed by atoms with E-state index in [1.165, 1.54) is 12.1 Å². The lowest BCUT2D eigenvalue weighted by Gasteiger charge is -2.29. The maximum atomic E-state index is 13.1. The van der Waals surface area contributed by atoms with Crippen molar-refractivity contribution in [2.45, 2.75) is 13.0 Å². The van der Waals surface area contributed by atoms with Gasteiger partial charge in [0.05, 0.1) is 12.2 Å². The number of hydrogen-bond acceptors (Lipinski definition) is 2. The van der Waals surface area contributed by atoms with Crippen molar-refractivity contribution < 1.29 is 9.13 Å². The summed E-state index contributed by atoms with van der Waals surface area (Å²) in [5.74, 6) is 0.617. The third-order valence-electron chi connectivity index (χ3n) is 3.26. The Bertz CT molecular complexity index is 630. The minimum absolute atomic E-state index is 0.122. The zero-order chi connectivity index (χ0) is 13.4. The highest BCUT2D eigenvalue weighted by molar-refractivity contribution is 9.10. The van der Waals surface area contributed by atoms with Gasteiger partial charge in [-0.1, -0.05) is 34.1 Å². The number of rotatable bonds is 1. The van der Waals surface area contributed by atoms with Gasteiger partial charge in [-0.05, 0) is 30.7 Å². The molecule has 2 aromatic carbocycles. The number of aryl methyl sites for hydroxylation is 1. The van der Waals surface area contributed by atoms with E-state index in [1.54, 1.807) is 6.07 Å². The third-order valence-corrected chi connectivity index (χ3v) is 3.95. The quantitative estimate of drug-likeness (QED) is 0.838. The summed E-state index contributed by atoms with van der Waals surface area (Å²) >= 11 is 3.39. The van der Waals surface area contributed by atoms with Crippen LogP contribution in [0.4, 0.5) is 10.1 Å². The van der Waals surface area contributed by atoms with E-state index in [9.17, 15) is 4.39 Å². The van der Waals surface area contributed by atoms with Crippen molar-refractivity contribution in [1.82, 2.24) is 0 Å². The van der Waals surface area contributed by atoms with Gasteiger partial charge in [0.1, 0.15) is 17.7 Å². The van der Waals surface area contributed by atoms with E-state index in [0.717, 1.165) is 27.0 Å². The Morgan fingerprint density at radius 3 is 2.95 bits per heavy atom. The van der Waals surface area contributed by atoms with Gasteiger partial charge in [0.15, 0.2) is 0 Å². The fraction of sp³-hybridized carbons (Fsp3) is 0.200. The molecule has 1 unspecified atom stereocenters. The molecule has 0 fully saturated rings. The van der Waals surface area contributed by atoms with Gasteiger partial charge in [0.25, 0.3) is 0 Å². The van der Waals surface area contributed by atoms with Crippen molar-refractivity contribution in [2.24, 2.45) is 0 Å². The van der Waals surface area contributed by atoms with Gasteiger partial charge >= 0.3 is 0 Å². The van der Waals surface area contributed by atoms with Gasteiger partial charge in [-0.25, -0.2) is 4.39 Å². The molecule has 0 spiro atoms. The van der Waals surface area contributed by atoms with Crippen LogP contribution < -0.4 is 10.1 Å². The highest BCUT2D eigenvalue weighted by Gasteiger charge is 2.23. The molecule has 0 aliphatic carbocycles. The Morgan fingerprint density at radius 1 is 1.32 bits per heavy atom. The lowest BCUT2D eigenvalue weighted by Crippen LogP contribution is -2.24. The van der Waals surface area contributed by atoms with Crippen molar-refractivity contribution in [3.63, 3.8) is 0 Å². The molecule has 0 radical (unpaired) electrons. The molecule has 2 aromatic rings. The minimum atomic E-state index is -0.254. The SMILES string of the molecule is Cc1cccc2c1OC(c1ccc(F)cc1Br)CN2. The molecule has 2 nitrogen and oxygen atoms in total. The van der Waals surface area contributed by atoms with Crippen LogP contribution in [-0.4, -0.2) is 6.54 Å². The van der Waals surface area contributed by atoms with Gasteiger partial charge in [-0.15, -0.1) is 0 Å². The first-order valence-electron chi connectivity index (χ1n) is 6.10. The second kappa shape index (κ2) is 4.85. The lowest BCUT2D eigenvalue weighted by atomic mass is 10.1. The average Bonchev–Trinajstić information content (AvgIpc) is 2.39. The first-order valence-corrected chi connectivity index (χ1v) is 6.89. The second-order valence-corrected chi connectivity index (χ2v) is 5.46. The Labute approximate surface area is 119 Å². The van der Waals surface area contributed by atoms with E-state index in [2.05, 4.69) is 21.2 Å². The van der Waals surface area contributed by atoms with Crippen LogP contribution in [0.1, 0.15) is 17.2 Å². The smallest absolute Gasteiger partial charge is 0.146 e. The Balaban J connectivity index is 1.95. The monoisotopic (exact) mass is 321 g/mol. The summed E-state index contributed by atoms with van der Waals surface area (Å²) in [4.78, 5) is 0. The first kappa shape index (κ1) is 12.5. The maximum Gasteiger partial charge on any atom is 0.146 e. The highest BCUT2D eigenvalue weighted by Crippen LogP contribution is 2.38. The second-order valence-electron chi connectivity index (χ2n) is 4.60. The van der Waals surface area contributed by atoms with Gasteiger partial charge in [-0.2, -0.15) is 0 Å². The molecule has 98 valence electrons. The van der Waals surface area contributed by atoms with Crippen LogP contribution in [0.2, 0.25) is 0 Å².